The molecule has 0 atom stereocenters. The summed E-state index contributed by atoms with van der Waals surface area (Å²) >= 11 is 5.00. The highest BCUT2D eigenvalue weighted by molar-refractivity contribution is 9.10. The molecule has 158 valence electrons. The Morgan fingerprint density at radius 2 is 2.03 bits per heavy atom. The Labute approximate surface area is 190 Å². The first kappa shape index (κ1) is 22.4. The standard InChI is InChI=1S/C23H25BrN2O3S/c1-5-25-23-26(6-2)22(27)20(30-23)13-17-11-18(24)21(19(12-17)28-4)29-14-16-9-7-8-15(3)10-16/h7-13H,5-6,14H2,1-4H3/b20-13+,25-23?. The van der Waals surface area contributed by atoms with Gasteiger partial charge in [-0.05, 0) is 77.8 Å². The third-order valence-electron chi connectivity index (χ3n) is 4.51. The van der Waals surface area contributed by atoms with Gasteiger partial charge in [0.05, 0.1) is 16.5 Å². The fourth-order valence-corrected chi connectivity index (χ4v) is 4.79. The van der Waals surface area contributed by atoms with E-state index in [2.05, 4.69) is 40.0 Å². The first-order chi connectivity index (χ1) is 14.5. The van der Waals surface area contributed by atoms with E-state index in [4.69, 9.17) is 9.47 Å². The number of carbonyl (C=O) groups is 1. The Morgan fingerprint density at radius 1 is 1.23 bits per heavy atom. The first-order valence-corrected chi connectivity index (χ1v) is 11.4. The third kappa shape index (κ3) is 5.08. The van der Waals surface area contributed by atoms with Crippen molar-refractivity contribution in [2.24, 2.45) is 4.99 Å². The normalized spacial score (nSPS) is 16.6. The lowest BCUT2D eigenvalue weighted by Gasteiger charge is -2.14. The molecule has 3 rings (SSSR count). The lowest BCUT2D eigenvalue weighted by molar-refractivity contribution is -0.122. The minimum Gasteiger partial charge on any atom is -0.493 e. The van der Waals surface area contributed by atoms with E-state index in [1.165, 1.54) is 17.3 Å². The van der Waals surface area contributed by atoms with Crippen molar-refractivity contribution in [2.75, 3.05) is 20.2 Å². The van der Waals surface area contributed by atoms with Gasteiger partial charge >= 0.3 is 0 Å². The molecule has 7 heteroatoms. The molecule has 0 bridgehead atoms. The molecule has 0 aliphatic carbocycles. The number of methoxy groups -OCH3 is 1. The molecular formula is C23H25BrN2O3S. The van der Waals surface area contributed by atoms with Crippen molar-refractivity contribution in [2.45, 2.75) is 27.4 Å². The van der Waals surface area contributed by atoms with Gasteiger partial charge < -0.3 is 9.47 Å². The molecule has 0 aromatic heterocycles. The van der Waals surface area contributed by atoms with Crippen LogP contribution in [0.25, 0.3) is 6.08 Å². The second-order valence-corrected chi connectivity index (χ2v) is 8.59. The maximum Gasteiger partial charge on any atom is 0.266 e. The van der Waals surface area contributed by atoms with E-state index in [-0.39, 0.29) is 5.91 Å². The number of likely N-dealkylation sites (N-methyl/N-ethyl adjacent to an activating group) is 1. The summed E-state index contributed by atoms with van der Waals surface area (Å²) in [6, 6.07) is 12.0. The van der Waals surface area contributed by atoms with Crippen molar-refractivity contribution < 1.29 is 14.3 Å². The van der Waals surface area contributed by atoms with Crippen LogP contribution in [0, 0.1) is 6.92 Å². The van der Waals surface area contributed by atoms with Crippen LogP contribution >= 0.6 is 27.7 Å². The average Bonchev–Trinajstić information content (AvgIpc) is 3.01. The molecule has 1 heterocycles. The first-order valence-electron chi connectivity index (χ1n) is 9.78. The Morgan fingerprint density at radius 3 is 2.70 bits per heavy atom. The van der Waals surface area contributed by atoms with Crippen molar-refractivity contribution in [1.82, 2.24) is 4.90 Å². The minimum atomic E-state index is -0.0236. The molecule has 5 nitrogen and oxygen atoms in total. The van der Waals surface area contributed by atoms with E-state index in [1.807, 2.05) is 44.2 Å². The van der Waals surface area contributed by atoms with Crippen LogP contribution in [0.1, 0.15) is 30.5 Å². The number of aliphatic imine (C=N–C) groups is 1. The van der Waals surface area contributed by atoms with Crippen LogP contribution < -0.4 is 9.47 Å². The molecule has 0 unspecified atom stereocenters. The largest absolute Gasteiger partial charge is 0.493 e. The second-order valence-electron chi connectivity index (χ2n) is 6.73. The molecule has 0 radical (unpaired) electrons. The minimum absolute atomic E-state index is 0.0236. The van der Waals surface area contributed by atoms with Gasteiger partial charge in [0.1, 0.15) is 6.61 Å². The zero-order chi connectivity index (χ0) is 21.7. The molecule has 2 aromatic carbocycles. The Balaban J connectivity index is 1.86. The smallest absolute Gasteiger partial charge is 0.266 e. The van der Waals surface area contributed by atoms with Crippen LogP contribution in [0.4, 0.5) is 0 Å². The maximum atomic E-state index is 12.7. The number of carbonyl (C=O) groups excluding carboxylic acids is 1. The molecule has 2 aromatic rings. The van der Waals surface area contributed by atoms with Crippen molar-refractivity contribution in [3.63, 3.8) is 0 Å². The number of halogens is 1. The summed E-state index contributed by atoms with van der Waals surface area (Å²) < 4.78 is 12.4. The SMILES string of the molecule is CCN=C1S/C(=C/c2cc(Br)c(OCc3cccc(C)c3)c(OC)c2)C(=O)N1CC. The topological polar surface area (TPSA) is 51.1 Å². The van der Waals surface area contributed by atoms with Crippen molar-refractivity contribution in [3.8, 4) is 11.5 Å². The van der Waals surface area contributed by atoms with Crippen molar-refractivity contribution in [3.05, 3.63) is 62.5 Å². The number of amidine groups is 1. The van der Waals surface area contributed by atoms with Crippen LogP contribution in [0.3, 0.4) is 0 Å². The zero-order valence-corrected chi connectivity index (χ0v) is 20.0. The lowest BCUT2D eigenvalue weighted by Crippen LogP contribution is -2.28. The number of amides is 1. The molecule has 1 saturated heterocycles. The lowest BCUT2D eigenvalue weighted by atomic mass is 10.1. The highest BCUT2D eigenvalue weighted by atomic mass is 79.9. The number of hydrogen-bond acceptors (Lipinski definition) is 5. The van der Waals surface area contributed by atoms with Gasteiger partial charge in [0.25, 0.3) is 5.91 Å². The fraction of sp³-hybridized carbons (Fsp3) is 0.304. The molecule has 0 saturated carbocycles. The predicted molar refractivity (Wildman–Crippen MR) is 127 cm³/mol. The van der Waals surface area contributed by atoms with E-state index in [9.17, 15) is 4.79 Å². The third-order valence-corrected chi connectivity index (χ3v) is 6.15. The van der Waals surface area contributed by atoms with E-state index >= 15 is 0 Å². The summed E-state index contributed by atoms with van der Waals surface area (Å²) in [4.78, 5) is 19.5. The van der Waals surface area contributed by atoms with Crippen LogP contribution in [0.2, 0.25) is 0 Å². The summed E-state index contributed by atoms with van der Waals surface area (Å²) in [5, 5.41) is 0.750. The summed E-state index contributed by atoms with van der Waals surface area (Å²) in [5.74, 6) is 1.22. The summed E-state index contributed by atoms with van der Waals surface area (Å²) in [7, 11) is 1.61. The van der Waals surface area contributed by atoms with Gasteiger partial charge in [-0.3, -0.25) is 14.7 Å². The van der Waals surface area contributed by atoms with E-state index in [0.29, 0.717) is 36.1 Å². The van der Waals surface area contributed by atoms with Crippen LogP contribution in [-0.2, 0) is 11.4 Å². The van der Waals surface area contributed by atoms with Gasteiger partial charge in [-0.1, -0.05) is 29.8 Å². The average molecular weight is 489 g/mol. The Bertz CT molecular complexity index is 1000. The molecule has 30 heavy (non-hydrogen) atoms. The maximum absolute atomic E-state index is 12.7. The molecule has 1 aliphatic heterocycles. The van der Waals surface area contributed by atoms with Crippen molar-refractivity contribution in [1.29, 1.82) is 0 Å². The van der Waals surface area contributed by atoms with Gasteiger partial charge in [-0.25, -0.2) is 0 Å². The summed E-state index contributed by atoms with van der Waals surface area (Å²) in [6.07, 6.45) is 1.87. The molecule has 1 aliphatic rings. The fourth-order valence-electron chi connectivity index (χ4n) is 3.11. The molecule has 0 spiro atoms. The number of aryl methyl sites for hydroxylation is 1. The number of benzene rings is 2. The Kier molecular flexibility index (Phi) is 7.61. The number of rotatable bonds is 7. The van der Waals surface area contributed by atoms with Crippen molar-refractivity contribution >= 4 is 44.8 Å². The number of nitrogens with zero attached hydrogens (tertiary/aromatic N) is 2. The highest BCUT2D eigenvalue weighted by Gasteiger charge is 2.31. The van der Waals surface area contributed by atoms with Gasteiger partial charge in [0.2, 0.25) is 0 Å². The number of hydrogen-bond donors (Lipinski definition) is 0. The van der Waals surface area contributed by atoms with E-state index < -0.39 is 0 Å². The molecule has 1 amide bonds. The van der Waals surface area contributed by atoms with Crippen LogP contribution in [0.15, 0.2) is 50.8 Å². The summed E-state index contributed by atoms with van der Waals surface area (Å²) in [5.41, 5.74) is 3.13. The van der Waals surface area contributed by atoms with Gasteiger partial charge in [0.15, 0.2) is 16.7 Å². The highest BCUT2D eigenvalue weighted by Crippen LogP contribution is 2.39. The van der Waals surface area contributed by atoms with Crippen LogP contribution in [0.5, 0.6) is 11.5 Å². The zero-order valence-electron chi connectivity index (χ0n) is 17.6. The molecule has 0 N–H and O–H groups in total. The van der Waals surface area contributed by atoms with Gasteiger partial charge in [0, 0.05) is 13.1 Å². The Hall–Kier alpha value is -2.25. The monoisotopic (exact) mass is 488 g/mol. The summed E-state index contributed by atoms with van der Waals surface area (Å²) in [6.45, 7) is 7.65. The van der Waals surface area contributed by atoms with E-state index in [0.717, 1.165) is 20.8 Å². The molecule has 1 fully saturated rings. The second kappa shape index (κ2) is 10.2. The quantitative estimate of drug-likeness (QED) is 0.472. The van der Waals surface area contributed by atoms with Gasteiger partial charge in [-0.2, -0.15) is 0 Å². The van der Waals surface area contributed by atoms with Crippen LogP contribution in [-0.4, -0.2) is 36.2 Å². The molecular weight excluding hydrogens is 464 g/mol. The predicted octanol–water partition coefficient (Wildman–Crippen LogP) is 5.66. The number of ether oxygens (including phenoxy) is 2. The van der Waals surface area contributed by atoms with E-state index in [1.54, 1.807) is 12.0 Å². The van der Waals surface area contributed by atoms with Gasteiger partial charge in [-0.15, -0.1) is 0 Å². The number of thioether (sulfide) groups is 1.